The molecule has 160 valence electrons. The fourth-order valence-electron chi connectivity index (χ4n) is 4.32. The highest BCUT2D eigenvalue weighted by molar-refractivity contribution is 6.06. The zero-order valence-electron chi connectivity index (χ0n) is 17.9. The largest absolute Gasteiger partial charge is 0.336 e. The molecule has 0 spiro atoms. The summed E-state index contributed by atoms with van der Waals surface area (Å²) >= 11 is 0. The number of nitrogens with two attached hydrogens (primary N) is 1. The van der Waals surface area contributed by atoms with Crippen molar-refractivity contribution in [3.05, 3.63) is 23.0 Å². The van der Waals surface area contributed by atoms with Crippen molar-refractivity contribution in [3.63, 3.8) is 0 Å². The van der Waals surface area contributed by atoms with Gasteiger partial charge in [-0.3, -0.25) is 4.79 Å². The van der Waals surface area contributed by atoms with Crippen LogP contribution in [0.4, 0.5) is 0 Å². The number of rotatable bonds is 4. The van der Waals surface area contributed by atoms with Gasteiger partial charge < -0.3 is 15.2 Å². The molecule has 2 aromatic rings. The van der Waals surface area contributed by atoms with E-state index >= 15 is 0 Å². The Morgan fingerprint density at radius 1 is 1.31 bits per heavy atom. The van der Waals surface area contributed by atoms with Crippen LogP contribution in [0.15, 0.2) is 10.6 Å². The van der Waals surface area contributed by atoms with Gasteiger partial charge in [-0.05, 0) is 56.9 Å². The van der Waals surface area contributed by atoms with E-state index < -0.39 is 0 Å². The van der Waals surface area contributed by atoms with Crippen LogP contribution in [0, 0.1) is 5.41 Å². The SMILES string of the molecule is CC(N)C1CCCCN1C(=O)c1cc(C2CC2)nc2onc(CC(C)(C)C)c12.Cl. The van der Waals surface area contributed by atoms with Gasteiger partial charge in [-0.2, -0.15) is 0 Å². The van der Waals surface area contributed by atoms with Crippen LogP contribution in [-0.2, 0) is 6.42 Å². The highest BCUT2D eigenvalue weighted by atomic mass is 35.5. The molecule has 1 amide bonds. The van der Waals surface area contributed by atoms with Crippen molar-refractivity contribution < 1.29 is 9.32 Å². The van der Waals surface area contributed by atoms with Crippen molar-refractivity contribution in [2.75, 3.05) is 6.54 Å². The van der Waals surface area contributed by atoms with Crippen molar-refractivity contribution in [3.8, 4) is 0 Å². The number of nitrogens with zero attached hydrogens (tertiary/aromatic N) is 3. The van der Waals surface area contributed by atoms with Gasteiger partial charge in [0.15, 0.2) is 0 Å². The summed E-state index contributed by atoms with van der Waals surface area (Å²) in [5.41, 5.74) is 9.26. The maximum absolute atomic E-state index is 13.7. The minimum atomic E-state index is -0.0407. The second-order valence-corrected chi connectivity index (χ2v) is 9.84. The Kier molecular flexibility index (Phi) is 6.25. The van der Waals surface area contributed by atoms with Gasteiger partial charge in [-0.1, -0.05) is 25.9 Å². The second kappa shape index (κ2) is 8.23. The second-order valence-electron chi connectivity index (χ2n) is 9.84. The summed E-state index contributed by atoms with van der Waals surface area (Å²) in [5.74, 6) is 0.493. The fourth-order valence-corrected chi connectivity index (χ4v) is 4.32. The molecular formula is C22H33ClN4O2. The lowest BCUT2D eigenvalue weighted by Crippen LogP contribution is -2.51. The number of likely N-dealkylation sites (tertiary alicyclic amines) is 1. The lowest BCUT2D eigenvalue weighted by atomic mass is 9.88. The minimum Gasteiger partial charge on any atom is -0.336 e. The summed E-state index contributed by atoms with van der Waals surface area (Å²) in [6.45, 7) is 9.25. The normalized spacial score (nSPS) is 21.1. The molecule has 0 aromatic carbocycles. The smallest absolute Gasteiger partial charge is 0.259 e. The maximum atomic E-state index is 13.7. The summed E-state index contributed by atoms with van der Waals surface area (Å²) in [5, 5.41) is 5.10. The van der Waals surface area contributed by atoms with E-state index in [1.807, 2.05) is 17.9 Å². The van der Waals surface area contributed by atoms with Gasteiger partial charge in [0.1, 0.15) is 0 Å². The molecule has 2 fully saturated rings. The summed E-state index contributed by atoms with van der Waals surface area (Å²) in [6, 6.07) is 2.04. The highest BCUT2D eigenvalue weighted by Crippen LogP contribution is 2.41. The average Bonchev–Trinajstić information content (AvgIpc) is 3.42. The number of fused-ring (bicyclic) bond motifs is 1. The number of halogens is 1. The number of carbonyl (C=O) groups is 1. The van der Waals surface area contributed by atoms with Gasteiger partial charge in [-0.25, -0.2) is 4.98 Å². The molecule has 1 aliphatic carbocycles. The minimum absolute atomic E-state index is 0. The Bertz CT molecular complexity index is 883. The van der Waals surface area contributed by atoms with Gasteiger partial charge in [0.2, 0.25) is 0 Å². The number of amides is 1. The van der Waals surface area contributed by atoms with E-state index in [-0.39, 0.29) is 35.8 Å². The first kappa shape index (κ1) is 22.0. The first-order valence-electron chi connectivity index (χ1n) is 10.6. The number of hydrogen-bond acceptors (Lipinski definition) is 5. The molecule has 0 radical (unpaired) electrons. The molecule has 2 unspecified atom stereocenters. The summed E-state index contributed by atoms with van der Waals surface area (Å²) in [7, 11) is 0. The monoisotopic (exact) mass is 420 g/mol. The third-order valence-electron chi connectivity index (χ3n) is 5.88. The standard InChI is InChI=1S/C22H32N4O2.ClH/c1-13(23)18-7-5-6-10-26(18)21(27)15-11-16(14-8-9-14)24-20-19(15)17(25-28-20)12-22(2,3)4;/h11,13-14,18H,5-10,12,23H2,1-4H3;1H. The number of pyridine rings is 1. The van der Waals surface area contributed by atoms with Gasteiger partial charge in [0.05, 0.1) is 16.6 Å². The van der Waals surface area contributed by atoms with E-state index in [9.17, 15) is 4.79 Å². The van der Waals surface area contributed by atoms with Crippen molar-refractivity contribution in [2.24, 2.45) is 11.1 Å². The zero-order chi connectivity index (χ0) is 20.1. The van der Waals surface area contributed by atoms with Crippen LogP contribution in [0.2, 0.25) is 0 Å². The van der Waals surface area contributed by atoms with Crippen LogP contribution in [0.1, 0.15) is 87.5 Å². The van der Waals surface area contributed by atoms with Crippen LogP contribution in [-0.4, -0.2) is 39.6 Å². The van der Waals surface area contributed by atoms with Gasteiger partial charge >= 0.3 is 0 Å². The molecule has 6 nitrogen and oxygen atoms in total. The van der Waals surface area contributed by atoms with E-state index in [0.29, 0.717) is 17.2 Å². The molecule has 29 heavy (non-hydrogen) atoms. The highest BCUT2D eigenvalue weighted by Gasteiger charge is 2.34. The van der Waals surface area contributed by atoms with Gasteiger partial charge in [-0.15, -0.1) is 12.4 Å². The summed E-state index contributed by atoms with van der Waals surface area (Å²) in [4.78, 5) is 20.4. The average molecular weight is 421 g/mol. The van der Waals surface area contributed by atoms with E-state index in [2.05, 4.69) is 25.9 Å². The third kappa shape index (κ3) is 4.58. The molecule has 2 atom stereocenters. The van der Waals surface area contributed by atoms with Gasteiger partial charge in [0, 0.05) is 30.2 Å². The van der Waals surface area contributed by atoms with E-state index in [4.69, 9.17) is 15.2 Å². The molecule has 7 heteroatoms. The number of carbonyl (C=O) groups excluding carboxylic acids is 1. The quantitative estimate of drug-likeness (QED) is 0.789. The Hall–Kier alpha value is -1.66. The molecule has 1 saturated heterocycles. The predicted octanol–water partition coefficient (Wildman–Crippen LogP) is 4.45. The van der Waals surface area contributed by atoms with Crippen LogP contribution >= 0.6 is 12.4 Å². The third-order valence-corrected chi connectivity index (χ3v) is 5.88. The lowest BCUT2D eigenvalue weighted by Gasteiger charge is -2.38. The predicted molar refractivity (Wildman–Crippen MR) is 117 cm³/mol. The molecule has 1 saturated carbocycles. The summed E-state index contributed by atoms with van der Waals surface area (Å²) in [6.07, 6.45) is 6.10. The van der Waals surface area contributed by atoms with Crippen molar-refractivity contribution >= 4 is 29.4 Å². The lowest BCUT2D eigenvalue weighted by molar-refractivity contribution is 0.0585. The molecular weight excluding hydrogens is 388 g/mol. The van der Waals surface area contributed by atoms with Crippen molar-refractivity contribution in [1.82, 2.24) is 15.0 Å². The van der Waals surface area contributed by atoms with Gasteiger partial charge in [0.25, 0.3) is 11.6 Å². The number of hydrogen-bond donors (Lipinski definition) is 1. The van der Waals surface area contributed by atoms with Crippen molar-refractivity contribution in [2.45, 2.75) is 84.2 Å². The molecule has 3 heterocycles. The molecule has 1 aliphatic heterocycles. The number of piperidine rings is 1. The Morgan fingerprint density at radius 3 is 2.66 bits per heavy atom. The van der Waals surface area contributed by atoms with Crippen LogP contribution in [0.3, 0.4) is 0 Å². The van der Waals surface area contributed by atoms with E-state index in [0.717, 1.165) is 61.8 Å². The molecule has 0 bridgehead atoms. The zero-order valence-corrected chi connectivity index (χ0v) is 18.7. The molecule has 2 aromatic heterocycles. The van der Waals surface area contributed by atoms with E-state index in [1.165, 1.54) is 0 Å². The number of aromatic nitrogens is 2. The topological polar surface area (TPSA) is 85.2 Å². The van der Waals surface area contributed by atoms with Crippen molar-refractivity contribution in [1.29, 1.82) is 0 Å². The van der Waals surface area contributed by atoms with Crippen LogP contribution in [0.25, 0.3) is 11.1 Å². The first-order valence-corrected chi connectivity index (χ1v) is 10.6. The van der Waals surface area contributed by atoms with Crippen LogP contribution < -0.4 is 5.73 Å². The Labute approximate surface area is 179 Å². The Morgan fingerprint density at radius 2 is 2.03 bits per heavy atom. The molecule has 4 rings (SSSR count). The van der Waals surface area contributed by atoms with Crippen LogP contribution in [0.5, 0.6) is 0 Å². The Balaban J connectivity index is 0.00000240. The molecule has 2 aliphatic rings. The summed E-state index contributed by atoms with van der Waals surface area (Å²) < 4.78 is 5.61. The first-order chi connectivity index (χ1) is 13.2. The maximum Gasteiger partial charge on any atom is 0.259 e. The fraction of sp³-hybridized carbons (Fsp3) is 0.682. The van der Waals surface area contributed by atoms with E-state index in [1.54, 1.807) is 0 Å². The molecule has 2 N–H and O–H groups in total.